The molecule has 0 aromatic rings. The molecule has 0 aromatic carbocycles. The third-order valence-electron chi connectivity index (χ3n) is 5.59. The Kier molecular flexibility index (Phi) is 4.78. The smallest absolute Gasteiger partial charge is 0.205 e. The number of hydrogen-bond acceptors (Lipinski definition) is 5. The van der Waals surface area contributed by atoms with Gasteiger partial charge in [0.25, 0.3) is 0 Å². The molecule has 3 rings (SSSR count). The van der Waals surface area contributed by atoms with Gasteiger partial charge in [0.15, 0.2) is 0 Å². The zero-order chi connectivity index (χ0) is 15.8. The average molecular weight is 297 g/mol. The van der Waals surface area contributed by atoms with Crippen molar-refractivity contribution in [2.24, 2.45) is 23.5 Å². The van der Waals surface area contributed by atoms with Crippen LogP contribution in [-0.4, -0.2) is 28.4 Å². The highest BCUT2D eigenvalue weighted by molar-refractivity contribution is 5.29. The van der Waals surface area contributed by atoms with Crippen molar-refractivity contribution in [2.45, 2.75) is 57.5 Å². The number of ether oxygens (including phenoxy) is 2. The summed E-state index contributed by atoms with van der Waals surface area (Å²) in [6.07, 6.45) is 4.25. The lowest BCUT2D eigenvalue weighted by atomic mass is 9.58. The molecular formula is C16H27NO4. The van der Waals surface area contributed by atoms with E-state index in [1.165, 1.54) is 0 Å². The zero-order valence-corrected chi connectivity index (χ0v) is 12.9. The first-order chi connectivity index (χ1) is 9.93. The van der Waals surface area contributed by atoms with Gasteiger partial charge in [0, 0.05) is 11.5 Å². The molecule has 5 nitrogen and oxygen atoms in total. The summed E-state index contributed by atoms with van der Waals surface area (Å²) in [5.41, 5.74) is 7.67. The Morgan fingerprint density at radius 2 is 1.86 bits per heavy atom. The molecule has 3 fully saturated rings. The molecule has 0 bridgehead atoms. The van der Waals surface area contributed by atoms with E-state index in [-0.39, 0.29) is 23.9 Å². The Balaban J connectivity index is 0.000000774. The summed E-state index contributed by atoms with van der Waals surface area (Å²) in [6, 6.07) is 0. The molecule has 21 heavy (non-hydrogen) atoms. The summed E-state index contributed by atoms with van der Waals surface area (Å²) >= 11 is 0. The minimum Gasteiger partial charge on any atom is -0.465 e. The molecular weight excluding hydrogens is 270 g/mol. The third kappa shape index (κ3) is 2.63. The van der Waals surface area contributed by atoms with Crippen LogP contribution in [0.25, 0.3) is 0 Å². The second-order valence-corrected chi connectivity index (χ2v) is 6.64. The zero-order valence-electron chi connectivity index (χ0n) is 12.9. The molecule has 4 N–H and O–H groups in total. The van der Waals surface area contributed by atoms with Crippen LogP contribution in [0.3, 0.4) is 0 Å². The van der Waals surface area contributed by atoms with E-state index in [2.05, 4.69) is 27.0 Å². The van der Waals surface area contributed by atoms with Crippen LogP contribution >= 0.6 is 0 Å². The topological polar surface area (TPSA) is 84.9 Å². The Morgan fingerprint density at radius 1 is 1.19 bits per heavy atom. The van der Waals surface area contributed by atoms with Crippen LogP contribution in [-0.2, 0) is 9.47 Å². The monoisotopic (exact) mass is 297 g/mol. The predicted octanol–water partition coefficient (Wildman–Crippen LogP) is 2.99. The van der Waals surface area contributed by atoms with Crippen LogP contribution in [0.15, 0.2) is 24.5 Å². The van der Waals surface area contributed by atoms with Gasteiger partial charge in [-0.25, -0.2) is 0 Å². The van der Waals surface area contributed by atoms with Crippen molar-refractivity contribution in [1.29, 1.82) is 0 Å². The maximum absolute atomic E-state index is 6.84. The highest BCUT2D eigenvalue weighted by atomic mass is 17.0. The van der Waals surface area contributed by atoms with Crippen molar-refractivity contribution in [3.05, 3.63) is 24.5 Å². The van der Waals surface area contributed by atoms with Gasteiger partial charge in [-0.2, -0.15) is 0 Å². The van der Waals surface area contributed by atoms with Crippen molar-refractivity contribution in [2.75, 3.05) is 0 Å². The average Bonchev–Trinajstić information content (AvgIpc) is 2.59. The van der Waals surface area contributed by atoms with Gasteiger partial charge in [-0.15, -0.1) is 0 Å². The molecule has 0 amide bonds. The first kappa shape index (κ1) is 16.5. The molecule has 1 saturated carbocycles. The second kappa shape index (κ2) is 6.08. The fraction of sp³-hybridized carbons (Fsp3) is 0.750. The van der Waals surface area contributed by atoms with Gasteiger partial charge in [0.05, 0.1) is 6.10 Å². The molecule has 4 unspecified atom stereocenters. The van der Waals surface area contributed by atoms with Crippen molar-refractivity contribution < 1.29 is 20.0 Å². The SMILES string of the molecule is C=C1OC2OC(C)CC[C@]3(N)C2C(CC[C@H]3C)C1=C.OO. The largest absolute Gasteiger partial charge is 0.465 e. The summed E-state index contributed by atoms with van der Waals surface area (Å²) < 4.78 is 12.0. The first-order valence-electron chi connectivity index (χ1n) is 7.62. The number of allylic oxidation sites excluding steroid dienone is 1. The highest BCUT2D eigenvalue weighted by Crippen LogP contribution is 2.53. The van der Waals surface area contributed by atoms with Crippen LogP contribution in [0.2, 0.25) is 0 Å². The first-order valence-corrected chi connectivity index (χ1v) is 7.62. The van der Waals surface area contributed by atoms with Gasteiger partial charge >= 0.3 is 0 Å². The van der Waals surface area contributed by atoms with Gasteiger partial charge < -0.3 is 15.2 Å². The molecule has 2 saturated heterocycles. The van der Waals surface area contributed by atoms with E-state index in [1.54, 1.807) is 0 Å². The lowest BCUT2D eigenvalue weighted by Crippen LogP contribution is -2.62. The maximum Gasteiger partial charge on any atom is 0.205 e. The van der Waals surface area contributed by atoms with E-state index < -0.39 is 0 Å². The molecule has 120 valence electrons. The standard InChI is InChI=1S/C16H25NO2.H2O2/c1-9-5-6-13-11(3)12(4)19-15-14(13)16(9,17)8-7-10(2)18-15;1-2/h9-10,13-15H,3-8,17H2,1-2H3;1-2H/t9-,10?,13?,14?,15?,16-;/m1./s1. The van der Waals surface area contributed by atoms with Gasteiger partial charge in [0.1, 0.15) is 5.76 Å². The van der Waals surface area contributed by atoms with Crippen LogP contribution in [0, 0.1) is 17.8 Å². The molecule has 3 aliphatic rings. The Bertz CT molecular complexity index is 425. The van der Waals surface area contributed by atoms with Crippen molar-refractivity contribution in [3.63, 3.8) is 0 Å². The van der Waals surface area contributed by atoms with E-state index >= 15 is 0 Å². The summed E-state index contributed by atoms with van der Waals surface area (Å²) in [7, 11) is 0. The van der Waals surface area contributed by atoms with E-state index in [9.17, 15) is 0 Å². The van der Waals surface area contributed by atoms with Crippen LogP contribution in [0.1, 0.15) is 39.5 Å². The number of nitrogens with two attached hydrogens (primary N) is 1. The van der Waals surface area contributed by atoms with Crippen molar-refractivity contribution in [1.82, 2.24) is 0 Å². The quantitative estimate of drug-likeness (QED) is 0.473. The van der Waals surface area contributed by atoms with Gasteiger partial charge in [-0.3, -0.25) is 10.5 Å². The van der Waals surface area contributed by atoms with Crippen molar-refractivity contribution >= 4 is 0 Å². The summed E-state index contributed by atoms with van der Waals surface area (Å²) in [6.45, 7) is 12.5. The molecule has 0 spiro atoms. The lowest BCUT2D eigenvalue weighted by Gasteiger charge is -2.53. The molecule has 6 atom stereocenters. The summed E-state index contributed by atoms with van der Waals surface area (Å²) in [5.74, 6) is 1.79. The van der Waals surface area contributed by atoms with E-state index in [1.807, 2.05) is 0 Å². The molecule has 1 aliphatic carbocycles. The molecule has 2 aliphatic heterocycles. The normalized spacial score (nSPS) is 45.7. The predicted molar refractivity (Wildman–Crippen MR) is 80.5 cm³/mol. The van der Waals surface area contributed by atoms with E-state index in [0.29, 0.717) is 17.6 Å². The highest BCUT2D eigenvalue weighted by Gasteiger charge is 2.56. The Hall–Kier alpha value is -0.880. The second-order valence-electron chi connectivity index (χ2n) is 6.64. The molecule has 2 heterocycles. The fourth-order valence-corrected chi connectivity index (χ4v) is 4.19. The minimum absolute atomic E-state index is 0.192. The van der Waals surface area contributed by atoms with E-state index in [4.69, 9.17) is 25.7 Å². The van der Waals surface area contributed by atoms with Crippen LogP contribution in [0.5, 0.6) is 0 Å². The fourth-order valence-electron chi connectivity index (χ4n) is 4.19. The van der Waals surface area contributed by atoms with Crippen molar-refractivity contribution in [3.8, 4) is 0 Å². The summed E-state index contributed by atoms with van der Waals surface area (Å²) in [5, 5.41) is 12.0. The van der Waals surface area contributed by atoms with Gasteiger partial charge in [-0.05, 0) is 50.0 Å². The maximum atomic E-state index is 6.84. The third-order valence-corrected chi connectivity index (χ3v) is 5.59. The molecule has 0 radical (unpaired) electrons. The van der Waals surface area contributed by atoms with E-state index in [0.717, 1.165) is 31.3 Å². The number of hydrogen-bond donors (Lipinski definition) is 3. The Labute approximate surface area is 126 Å². The van der Waals surface area contributed by atoms with Crippen LogP contribution < -0.4 is 5.73 Å². The minimum atomic E-state index is -0.242. The number of rotatable bonds is 0. The van der Waals surface area contributed by atoms with Crippen LogP contribution in [0.4, 0.5) is 0 Å². The van der Waals surface area contributed by atoms with Gasteiger partial charge in [0.2, 0.25) is 6.29 Å². The Morgan fingerprint density at radius 3 is 2.52 bits per heavy atom. The molecule has 5 heteroatoms. The lowest BCUT2D eigenvalue weighted by molar-refractivity contribution is -0.203. The summed E-state index contributed by atoms with van der Waals surface area (Å²) in [4.78, 5) is 0. The van der Waals surface area contributed by atoms with Gasteiger partial charge in [-0.1, -0.05) is 20.1 Å². The molecule has 0 aromatic heterocycles.